The van der Waals surface area contributed by atoms with E-state index in [9.17, 15) is 21.6 Å². The summed E-state index contributed by atoms with van der Waals surface area (Å²) in [6, 6.07) is 10.2. The van der Waals surface area contributed by atoms with Crippen LogP contribution in [0.1, 0.15) is 5.56 Å². The second kappa shape index (κ2) is 6.64. The summed E-state index contributed by atoms with van der Waals surface area (Å²) in [6.07, 6.45) is -1.05. The summed E-state index contributed by atoms with van der Waals surface area (Å²) < 4.78 is 68.3. The van der Waals surface area contributed by atoms with Gasteiger partial charge in [0.25, 0.3) is 10.0 Å². The van der Waals surface area contributed by atoms with E-state index in [-0.39, 0.29) is 5.69 Å². The molecule has 28 heavy (non-hydrogen) atoms. The van der Waals surface area contributed by atoms with Crippen LogP contribution in [-0.4, -0.2) is 17.8 Å². The fraction of sp³-hybridized carbons (Fsp3) is 0.0556. The van der Waals surface area contributed by atoms with Crippen molar-refractivity contribution in [3.8, 4) is 11.3 Å². The van der Waals surface area contributed by atoms with Gasteiger partial charge in [0.05, 0.1) is 21.8 Å². The van der Waals surface area contributed by atoms with Crippen LogP contribution in [0.4, 0.5) is 18.9 Å². The Hall–Kier alpha value is -2.85. The molecule has 2 aromatic carbocycles. The second-order valence-corrected chi connectivity index (χ2v) is 8.45. The van der Waals surface area contributed by atoms with Crippen LogP contribution in [0, 0.1) is 0 Å². The first-order chi connectivity index (χ1) is 13.2. The average Bonchev–Trinajstić information content (AvgIpc) is 3.23. The monoisotopic (exact) mass is 423 g/mol. The van der Waals surface area contributed by atoms with Gasteiger partial charge in [-0.1, -0.05) is 24.3 Å². The predicted molar refractivity (Wildman–Crippen MR) is 101 cm³/mol. The van der Waals surface area contributed by atoms with E-state index >= 15 is 0 Å². The number of sulfonamides is 1. The van der Waals surface area contributed by atoms with Gasteiger partial charge in [0.2, 0.25) is 0 Å². The van der Waals surface area contributed by atoms with Crippen molar-refractivity contribution in [2.24, 2.45) is 0 Å². The summed E-state index contributed by atoms with van der Waals surface area (Å²) in [7, 11) is -4.23. The number of nitrogens with one attached hydrogen (secondary N) is 1. The molecule has 0 atom stereocenters. The molecule has 0 aliphatic heterocycles. The number of alkyl halides is 3. The van der Waals surface area contributed by atoms with Crippen LogP contribution in [-0.2, 0) is 16.2 Å². The molecule has 4 rings (SSSR count). The molecule has 0 aliphatic carbocycles. The Morgan fingerprint density at radius 3 is 2.61 bits per heavy atom. The number of imidazole rings is 1. The number of fused-ring (bicyclic) bond motifs is 1. The van der Waals surface area contributed by atoms with Gasteiger partial charge in [0.1, 0.15) is 0 Å². The molecule has 0 amide bonds. The van der Waals surface area contributed by atoms with Crippen LogP contribution < -0.4 is 4.72 Å². The van der Waals surface area contributed by atoms with Crippen LogP contribution in [0.3, 0.4) is 0 Å². The van der Waals surface area contributed by atoms with Gasteiger partial charge in [-0.05, 0) is 24.3 Å². The molecule has 4 aromatic rings. The number of rotatable bonds is 4. The number of thiazole rings is 1. The number of aromatic nitrogens is 2. The van der Waals surface area contributed by atoms with Crippen molar-refractivity contribution < 1.29 is 21.6 Å². The number of hydrogen-bond donors (Lipinski definition) is 1. The highest BCUT2D eigenvalue weighted by Gasteiger charge is 2.31. The van der Waals surface area contributed by atoms with Crippen LogP contribution in [0.5, 0.6) is 0 Å². The molecule has 0 saturated carbocycles. The van der Waals surface area contributed by atoms with Crippen LogP contribution in [0.25, 0.3) is 16.2 Å². The molecule has 10 heteroatoms. The molecule has 5 nitrogen and oxygen atoms in total. The third kappa shape index (κ3) is 3.48. The van der Waals surface area contributed by atoms with E-state index in [4.69, 9.17) is 0 Å². The van der Waals surface area contributed by atoms with E-state index in [1.165, 1.54) is 17.4 Å². The van der Waals surface area contributed by atoms with Crippen molar-refractivity contribution in [1.29, 1.82) is 0 Å². The standard InChI is InChI=1S/C18H12F3N3O2S2/c19-18(20,21)12-4-3-5-13(10-12)28(25,26)23-15-7-2-1-6-14(15)16-11-24-8-9-27-17(24)22-16/h1-11,23H. The molecule has 144 valence electrons. The molecule has 2 aromatic heterocycles. The highest BCUT2D eigenvalue weighted by molar-refractivity contribution is 7.92. The summed E-state index contributed by atoms with van der Waals surface area (Å²) >= 11 is 1.43. The smallest absolute Gasteiger partial charge is 0.297 e. The van der Waals surface area contributed by atoms with Gasteiger partial charge in [0.15, 0.2) is 4.96 Å². The zero-order valence-corrected chi connectivity index (χ0v) is 15.6. The summed E-state index contributed by atoms with van der Waals surface area (Å²) in [4.78, 5) is 4.72. The van der Waals surface area contributed by atoms with E-state index < -0.39 is 26.7 Å². The van der Waals surface area contributed by atoms with Gasteiger partial charge in [-0.15, -0.1) is 11.3 Å². The van der Waals surface area contributed by atoms with Crippen molar-refractivity contribution in [1.82, 2.24) is 9.38 Å². The Kier molecular flexibility index (Phi) is 4.39. The Morgan fingerprint density at radius 1 is 1.07 bits per heavy atom. The number of nitrogens with zero attached hydrogens (tertiary/aromatic N) is 2. The summed E-state index contributed by atoms with van der Waals surface area (Å²) in [5.74, 6) is 0. The number of anilines is 1. The molecule has 0 spiro atoms. The third-order valence-corrected chi connectivity index (χ3v) is 6.15. The van der Waals surface area contributed by atoms with Crippen LogP contribution >= 0.6 is 11.3 Å². The Balaban J connectivity index is 1.72. The molecule has 0 unspecified atom stereocenters. The highest BCUT2D eigenvalue weighted by Crippen LogP contribution is 2.33. The predicted octanol–water partition coefficient (Wildman–Crippen LogP) is 4.88. The van der Waals surface area contributed by atoms with Gasteiger partial charge in [-0.2, -0.15) is 13.2 Å². The minimum Gasteiger partial charge on any atom is -0.297 e. The maximum Gasteiger partial charge on any atom is 0.416 e. The zero-order valence-electron chi connectivity index (χ0n) is 14.0. The Morgan fingerprint density at radius 2 is 1.86 bits per heavy atom. The zero-order chi connectivity index (χ0) is 19.9. The van der Waals surface area contributed by atoms with Gasteiger partial charge < -0.3 is 0 Å². The van der Waals surface area contributed by atoms with E-state index in [1.54, 1.807) is 28.8 Å². The third-order valence-electron chi connectivity index (χ3n) is 4.01. The maximum absolute atomic E-state index is 12.9. The molecule has 0 radical (unpaired) electrons. The van der Waals surface area contributed by atoms with Crippen LogP contribution in [0.15, 0.2) is 71.2 Å². The number of para-hydroxylation sites is 1. The van der Waals surface area contributed by atoms with Crippen molar-refractivity contribution in [3.05, 3.63) is 71.9 Å². The van der Waals surface area contributed by atoms with Crippen molar-refractivity contribution in [3.63, 3.8) is 0 Å². The van der Waals surface area contributed by atoms with Crippen LogP contribution in [0.2, 0.25) is 0 Å². The van der Waals surface area contributed by atoms with E-state index in [0.717, 1.165) is 23.2 Å². The summed E-state index contributed by atoms with van der Waals surface area (Å²) in [5.41, 5.74) is 0.270. The average molecular weight is 423 g/mol. The van der Waals surface area contributed by atoms with Gasteiger partial charge in [0, 0.05) is 23.3 Å². The Labute approximate surface area is 162 Å². The highest BCUT2D eigenvalue weighted by atomic mass is 32.2. The second-order valence-electron chi connectivity index (χ2n) is 5.90. The molecule has 1 N–H and O–H groups in total. The van der Waals surface area contributed by atoms with E-state index in [2.05, 4.69) is 9.71 Å². The lowest BCUT2D eigenvalue weighted by Gasteiger charge is -2.13. The molecular formula is C18H12F3N3O2S2. The summed E-state index contributed by atoms with van der Waals surface area (Å²) in [6.45, 7) is 0. The lowest BCUT2D eigenvalue weighted by atomic mass is 10.1. The largest absolute Gasteiger partial charge is 0.416 e. The molecule has 0 fully saturated rings. The lowest BCUT2D eigenvalue weighted by Crippen LogP contribution is -2.15. The fourth-order valence-electron chi connectivity index (χ4n) is 2.70. The minimum atomic E-state index is -4.63. The maximum atomic E-state index is 12.9. The van der Waals surface area contributed by atoms with Gasteiger partial charge in [-0.25, -0.2) is 13.4 Å². The first-order valence-electron chi connectivity index (χ1n) is 7.96. The van der Waals surface area contributed by atoms with Crippen molar-refractivity contribution in [2.75, 3.05) is 4.72 Å². The number of benzene rings is 2. The normalized spacial score (nSPS) is 12.4. The number of hydrogen-bond acceptors (Lipinski definition) is 4. The quantitative estimate of drug-likeness (QED) is 0.509. The first-order valence-corrected chi connectivity index (χ1v) is 10.3. The Bertz CT molecular complexity index is 1230. The van der Waals surface area contributed by atoms with Crippen molar-refractivity contribution in [2.45, 2.75) is 11.1 Å². The van der Waals surface area contributed by atoms with E-state index in [0.29, 0.717) is 17.3 Å². The molecule has 0 saturated heterocycles. The van der Waals surface area contributed by atoms with Crippen molar-refractivity contribution >= 4 is 32.0 Å². The first kappa shape index (κ1) is 18.5. The molecule has 0 aliphatic rings. The van der Waals surface area contributed by atoms with Gasteiger partial charge >= 0.3 is 6.18 Å². The molecule has 0 bridgehead atoms. The van der Waals surface area contributed by atoms with E-state index in [1.807, 2.05) is 11.6 Å². The number of halogens is 3. The lowest BCUT2D eigenvalue weighted by molar-refractivity contribution is -0.137. The topological polar surface area (TPSA) is 63.5 Å². The molecule has 2 heterocycles. The SMILES string of the molecule is O=S(=O)(Nc1ccccc1-c1cn2ccsc2n1)c1cccc(C(F)(F)F)c1. The molecular weight excluding hydrogens is 411 g/mol. The van der Waals surface area contributed by atoms with Gasteiger partial charge in [-0.3, -0.25) is 9.12 Å². The summed E-state index contributed by atoms with van der Waals surface area (Å²) in [5, 5.41) is 1.87. The minimum absolute atomic E-state index is 0.227. The fourth-order valence-corrected chi connectivity index (χ4v) is 4.52.